The predicted octanol–water partition coefficient (Wildman–Crippen LogP) is 1.42. The van der Waals surface area contributed by atoms with Crippen molar-refractivity contribution >= 4 is 11.8 Å². The third kappa shape index (κ3) is 9.54. The molecule has 0 aromatic carbocycles. The summed E-state index contributed by atoms with van der Waals surface area (Å²) in [5.74, 6) is 0.140. The zero-order chi connectivity index (χ0) is 49.5. The van der Waals surface area contributed by atoms with Crippen LogP contribution in [0.4, 0.5) is 0 Å². The van der Waals surface area contributed by atoms with Crippen molar-refractivity contribution in [3.8, 4) is 0 Å². The highest BCUT2D eigenvalue weighted by atomic mass is 16.8. The Labute approximate surface area is 404 Å². The van der Waals surface area contributed by atoms with Crippen molar-refractivity contribution in [1.82, 2.24) is 0 Å². The summed E-state index contributed by atoms with van der Waals surface area (Å²) in [6.45, 7) is 10.2. The van der Waals surface area contributed by atoms with Crippen molar-refractivity contribution in [3.63, 3.8) is 0 Å². The highest BCUT2D eigenvalue weighted by Crippen LogP contribution is 2.70. The number of aliphatic hydroxyl groups is 8. The molecule has 0 unspecified atom stereocenters. The number of esters is 1. The molecule has 8 N–H and O–H groups in total. The van der Waals surface area contributed by atoms with Gasteiger partial charge in [-0.2, -0.15) is 0 Å². The zero-order valence-corrected chi connectivity index (χ0v) is 40.8. The van der Waals surface area contributed by atoms with Gasteiger partial charge in [0.25, 0.3) is 0 Å². The Hall–Kier alpha value is -1.76. The molecule has 4 aliphatic heterocycles. The first-order valence-electron chi connectivity index (χ1n) is 25.7. The second-order valence-corrected chi connectivity index (χ2v) is 22.6. The van der Waals surface area contributed by atoms with Gasteiger partial charge in [-0.15, -0.1) is 0 Å². The quantitative estimate of drug-likeness (QED) is 0.107. The molecule has 69 heavy (non-hydrogen) atoms. The Kier molecular flexibility index (Phi) is 15.2. The molecule has 19 heteroatoms. The number of rotatable bonds is 11. The van der Waals surface area contributed by atoms with E-state index in [1.807, 2.05) is 6.92 Å². The van der Waals surface area contributed by atoms with Crippen molar-refractivity contribution in [2.75, 3.05) is 6.61 Å². The topological polar surface area (TPSA) is 279 Å². The Morgan fingerprint density at radius 3 is 1.91 bits per heavy atom. The lowest BCUT2D eigenvalue weighted by Gasteiger charge is -2.65. The molecule has 26 atom stereocenters. The number of allylic oxidation sites excluding steroid dienone is 2. The minimum absolute atomic E-state index is 0.000788. The van der Waals surface area contributed by atoms with E-state index < -0.39 is 134 Å². The van der Waals surface area contributed by atoms with Crippen LogP contribution >= 0.6 is 0 Å². The summed E-state index contributed by atoms with van der Waals surface area (Å²) in [5.41, 5.74) is -0.632. The van der Waals surface area contributed by atoms with Crippen LogP contribution in [-0.4, -0.2) is 182 Å². The second-order valence-electron chi connectivity index (χ2n) is 22.6. The van der Waals surface area contributed by atoms with Gasteiger partial charge >= 0.3 is 5.97 Å². The van der Waals surface area contributed by atoms with E-state index in [0.29, 0.717) is 25.2 Å². The van der Waals surface area contributed by atoms with E-state index in [2.05, 4.69) is 13.8 Å². The SMILES string of the molecule is CC(=O)O[C@H]1C[C@H](O[C@H]2[C@@H](O)C[C@H](O[C@H]3[C@@H](O)C[C@H](O[C@H]4CC[C@@]5(C)[C@H](CC[C@@H]6[C@@H]5C[C@@H](O)[C@]5(C)[C@@H](C7=CC(=O)CC7)CC[C@]65O)C4)O[C@@H]3C)O[C@@H]2C)O[C@H](C)[C@H]1O[C@@H]1O[C@H](CO)[C@@H](O)[C@H](O)[C@H]1O. The summed E-state index contributed by atoms with van der Waals surface area (Å²) in [6.07, 6.45) is -9.18. The lowest BCUT2D eigenvalue weighted by molar-refractivity contribution is -0.355. The standard InChI is InChI=1S/C50H78O19/c1-22-44(67-39-19-34(55)45(23(2)62-39)68-40-20-35(64-25(4)52)46(24(3)63-40)69-47-43(59)42(58)41(57)36(21-51)66-47)33(54)18-38(61-22)65-29-11-13-48(5)27(16-29)8-10-31-32(48)17-37(56)49(6)30(12-14-50(31,49)60)26-7-9-28(53)15-26/h15,22-24,27,29-47,51,54-60H,7-14,16-21H2,1-6H3/t22-,23-,24-,27-,29+,30-,31-,32+,33+,34+,35+,36-,37-,38+,39+,40+,41-,42+,43-,44-,45-,46-,47+,48+,49+,50+/m1/s1. The number of carbonyl (C=O) groups is 2. The van der Waals surface area contributed by atoms with Gasteiger partial charge in [0, 0.05) is 38.0 Å². The fourth-order valence-electron chi connectivity index (χ4n) is 14.9. The smallest absolute Gasteiger partial charge is 0.302 e. The fourth-order valence-corrected chi connectivity index (χ4v) is 14.9. The summed E-state index contributed by atoms with van der Waals surface area (Å²) in [5, 5.41) is 88.2. The highest BCUT2D eigenvalue weighted by molar-refractivity contribution is 5.93. The minimum Gasteiger partial charge on any atom is -0.459 e. The van der Waals surface area contributed by atoms with Crippen LogP contribution in [0.2, 0.25) is 0 Å². The van der Waals surface area contributed by atoms with Crippen LogP contribution in [0.5, 0.6) is 0 Å². The molecule has 9 rings (SSSR count). The van der Waals surface area contributed by atoms with Crippen LogP contribution in [-0.2, 0) is 52.2 Å². The summed E-state index contributed by atoms with van der Waals surface area (Å²) in [7, 11) is 0. The lowest BCUT2D eigenvalue weighted by atomic mass is 9.42. The van der Waals surface area contributed by atoms with E-state index in [0.717, 1.165) is 50.5 Å². The summed E-state index contributed by atoms with van der Waals surface area (Å²) >= 11 is 0. The first-order valence-corrected chi connectivity index (χ1v) is 25.7. The monoisotopic (exact) mass is 983 g/mol. The first-order chi connectivity index (χ1) is 32.6. The third-order valence-electron chi connectivity index (χ3n) is 18.7. The van der Waals surface area contributed by atoms with Gasteiger partial charge in [-0.25, -0.2) is 0 Å². The van der Waals surface area contributed by atoms with E-state index in [9.17, 15) is 50.4 Å². The summed E-state index contributed by atoms with van der Waals surface area (Å²) in [6, 6.07) is 0. The van der Waals surface area contributed by atoms with E-state index in [1.165, 1.54) is 6.92 Å². The van der Waals surface area contributed by atoms with E-state index in [1.54, 1.807) is 19.9 Å². The van der Waals surface area contributed by atoms with Crippen molar-refractivity contribution in [3.05, 3.63) is 11.6 Å². The molecule has 0 aromatic rings. The molecule has 4 saturated carbocycles. The van der Waals surface area contributed by atoms with Crippen molar-refractivity contribution in [2.24, 2.45) is 34.5 Å². The maximum Gasteiger partial charge on any atom is 0.302 e. The molecular formula is C50H78O19. The van der Waals surface area contributed by atoms with Gasteiger partial charge in [0.1, 0.15) is 48.8 Å². The van der Waals surface area contributed by atoms with Crippen LogP contribution in [0.1, 0.15) is 125 Å². The van der Waals surface area contributed by atoms with Crippen molar-refractivity contribution < 1.29 is 93.1 Å². The molecule has 0 aromatic heterocycles. The predicted molar refractivity (Wildman–Crippen MR) is 238 cm³/mol. The molecule has 4 heterocycles. The van der Waals surface area contributed by atoms with E-state index >= 15 is 0 Å². The number of fused-ring (bicyclic) bond motifs is 5. The van der Waals surface area contributed by atoms with Gasteiger partial charge in [0.2, 0.25) is 0 Å². The van der Waals surface area contributed by atoms with Gasteiger partial charge in [0.05, 0.1) is 54.9 Å². The van der Waals surface area contributed by atoms with Crippen LogP contribution in [0.3, 0.4) is 0 Å². The van der Waals surface area contributed by atoms with Crippen molar-refractivity contribution in [1.29, 1.82) is 0 Å². The number of ether oxygens (including phenoxy) is 9. The molecule has 9 aliphatic rings. The second kappa shape index (κ2) is 20.2. The summed E-state index contributed by atoms with van der Waals surface area (Å²) in [4.78, 5) is 24.4. The molecule has 8 fully saturated rings. The first kappa shape index (κ1) is 52.1. The molecule has 0 spiro atoms. The highest BCUT2D eigenvalue weighted by Gasteiger charge is 2.71. The molecular weight excluding hydrogens is 905 g/mol. The van der Waals surface area contributed by atoms with Crippen LogP contribution in [0.25, 0.3) is 0 Å². The maximum absolute atomic E-state index is 12.7. The largest absolute Gasteiger partial charge is 0.459 e. The van der Waals surface area contributed by atoms with Gasteiger partial charge in [-0.05, 0) is 114 Å². The number of hydrogen-bond donors (Lipinski definition) is 8. The molecule has 19 nitrogen and oxygen atoms in total. The average molecular weight is 983 g/mol. The normalized spacial score (nSPS) is 53.4. The molecule has 392 valence electrons. The maximum atomic E-state index is 12.7. The Bertz CT molecular complexity index is 1840. The number of ketones is 1. The van der Waals surface area contributed by atoms with Crippen LogP contribution in [0.15, 0.2) is 11.6 Å². The molecule has 4 saturated heterocycles. The zero-order valence-electron chi connectivity index (χ0n) is 40.8. The van der Waals surface area contributed by atoms with Gasteiger partial charge in [-0.1, -0.05) is 19.4 Å². The molecule has 5 aliphatic carbocycles. The van der Waals surface area contributed by atoms with Crippen LogP contribution < -0.4 is 0 Å². The Balaban J connectivity index is 0.752. The molecule has 0 amide bonds. The van der Waals surface area contributed by atoms with E-state index in [4.69, 9.17) is 42.6 Å². The van der Waals surface area contributed by atoms with E-state index in [-0.39, 0.29) is 54.3 Å². The van der Waals surface area contributed by atoms with Gasteiger partial charge < -0.3 is 83.5 Å². The van der Waals surface area contributed by atoms with Crippen molar-refractivity contribution in [2.45, 2.75) is 247 Å². The average Bonchev–Trinajstić information content (AvgIpc) is 3.84. The third-order valence-corrected chi connectivity index (χ3v) is 18.7. The molecule has 0 bridgehead atoms. The summed E-state index contributed by atoms with van der Waals surface area (Å²) < 4.78 is 54.8. The van der Waals surface area contributed by atoms with Gasteiger partial charge in [0.15, 0.2) is 30.9 Å². The number of hydrogen-bond acceptors (Lipinski definition) is 19. The molecule has 0 radical (unpaired) electrons. The Morgan fingerprint density at radius 1 is 0.696 bits per heavy atom. The van der Waals surface area contributed by atoms with Crippen LogP contribution in [0, 0.1) is 34.5 Å². The van der Waals surface area contributed by atoms with Gasteiger partial charge in [-0.3, -0.25) is 9.59 Å². The fraction of sp³-hybridized carbons (Fsp3) is 0.920. The lowest BCUT2D eigenvalue weighted by Crippen LogP contribution is -2.67. The number of carbonyl (C=O) groups excluding carboxylic acids is 2. The minimum atomic E-state index is -1.68. The Morgan fingerprint density at radius 2 is 1.32 bits per heavy atom. The number of aliphatic hydroxyl groups excluding tert-OH is 7.